The summed E-state index contributed by atoms with van der Waals surface area (Å²) in [5.41, 5.74) is 3.81. The molecule has 0 fully saturated rings. The molecule has 4 aromatic rings. The maximum Gasteiger partial charge on any atom is 0.231 e. The number of hydrogen-bond acceptors (Lipinski definition) is 8. The van der Waals surface area contributed by atoms with Gasteiger partial charge >= 0.3 is 0 Å². The van der Waals surface area contributed by atoms with E-state index in [1.165, 1.54) is 0 Å². The lowest BCUT2D eigenvalue weighted by Gasteiger charge is -2.27. The van der Waals surface area contributed by atoms with Crippen LogP contribution in [0, 0.1) is 0 Å². The van der Waals surface area contributed by atoms with Crippen LogP contribution in [-0.2, 0) is 28.2 Å². The van der Waals surface area contributed by atoms with Crippen molar-refractivity contribution in [3.05, 3.63) is 59.8 Å². The van der Waals surface area contributed by atoms with Gasteiger partial charge in [0.2, 0.25) is 11.6 Å². The van der Waals surface area contributed by atoms with Gasteiger partial charge in [0.05, 0.1) is 6.54 Å². The van der Waals surface area contributed by atoms with Crippen LogP contribution >= 0.6 is 0 Å². The summed E-state index contributed by atoms with van der Waals surface area (Å²) in [7, 11) is 3.30. The number of pyridine rings is 1. The van der Waals surface area contributed by atoms with Gasteiger partial charge in [0.15, 0.2) is 5.82 Å². The molecular weight excluding hydrogens is 456 g/mol. The number of unbranched alkanes of at least 4 members (excludes halogenated alkanes) is 2. The van der Waals surface area contributed by atoms with Crippen molar-refractivity contribution in [2.45, 2.75) is 64.7 Å². The molecule has 1 N–H and O–H groups in total. The Morgan fingerprint density at radius 1 is 1.00 bits per heavy atom. The molecule has 4 rings (SSSR count). The molecule has 36 heavy (non-hydrogen) atoms. The average molecular weight is 491 g/mol. The molecule has 10 heteroatoms. The molecule has 0 saturated heterocycles. The number of nitrogens with zero attached hydrogens (tertiary/aromatic N) is 7. The lowest BCUT2D eigenvalue weighted by atomic mass is 10.0. The van der Waals surface area contributed by atoms with Crippen LogP contribution in [0.1, 0.15) is 63.2 Å². The van der Waals surface area contributed by atoms with E-state index in [1.54, 1.807) is 20.4 Å². The Labute approximate surface area is 211 Å². The van der Waals surface area contributed by atoms with Gasteiger partial charge in [-0.2, -0.15) is 0 Å². The predicted molar refractivity (Wildman–Crippen MR) is 136 cm³/mol. The fraction of sp³-hybridized carbons (Fsp3) is 0.462. The van der Waals surface area contributed by atoms with Gasteiger partial charge in [-0.05, 0) is 34.0 Å². The van der Waals surface area contributed by atoms with E-state index in [-0.39, 0.29) is 0 Å². The van der Waals surface area contributed by atoms with E-state index in [4.69, 9.17) is 19.6 Å². The van der Waals surface area contributed by atoms with Crippen LogP contribution in [0.15, 0.2) is 42.6 Å². The summed E-state index contributed by atoms with van der Waals surface area (Å²) >= 11 is 0. The second-order valence-corrected chi connectivity index (χ2v) is 8.72. The number of ether oxygens (including phenoxy) is 2. The molecule has 3 aromatic heterocycles. The molecule has 0 atom stereocenters. The quantitative estimate of drug-likeness (QED) is 0.214. The van der Waals surface area contributed by atoms with Gasteiger partial charge in [-0.25, -0.2) is 14.8 Å². The Bertz CT molecular complexity index is 1220. The summed E-state index contributed by atoms with van der Waals surface area (Å²) in [5, 5.41) is 19.0. The lowest BCUT2D eigenvalue weighted by molar-refractivity contribution is -0.225. The Morgan fingerprint density at radius 3 is 2.47 bits per heavy atom. The van der Waals surface area contributed by atoms with Crippen molar-refractivity contribution in [2.75, 3.05) is 14.2 Å². The minimum Gasteiger partial charge on any atom is -0.347 e. The van der Waals surface area contributed by atoms with Crippen molar-refractivity contribution in [3.8, 4) is 22.6 Å². The Morgan fingerprint density at radius 2 is 1.81 bits per heavy atom. The highest BCUT2D eigenvalue weighted by Gasteiger charge is 2.36. The molecule has 0 aliphatic heterocycles. The first-order valence-corrected chi connectivity index (χ1v) is 12.5. The zero-order chi connectivity index (χ0) is 25.4. The van der Waals surface area contributed by atoms with Crippen LogP contribution in [-0.4, -0.2) is 54.6 Å². The van der Waals surface area contributed by atoms with Crippen LogP contribution in [0.5, 0.6) is 0 Å². The van der Waals surface area contributed by atoms with Gasteiger partial charge in [-0.15, -0.1) is 10.2 Å². The number of nitrogens with one attached hydrogen (secondary N) is 1. The SMILES string of the molecule is CCCCCc1nc(C(CCC)(OC)OC)nn1Cc1ccc(-c2cccnc2-c2nnn[nH]2)cc1. The largest absolute Gasteiger partial charge is 0.347 e. The first kappa shape index (κ1) is 25.6. The second kappa shape index (κ2) is 12.0. The predicted octanol–water partition coefficient (Wildman–Crippen LogP) is 4.55. The summed E-state index contributed by atoms with van der Waals surface area (Å²) < 4.78 is 13.5. The minimum atomic E-state index is -0.935. The summed E-state index contributed by atoms with van der Waals surface area (Å²) in [4.78, 5) is 9.36. The highest BCUT2D eigenvalue weighted by molar-refractivity contribution is 5.77. The molecule has 3 heterocycles. The Hall–Kier alpha value is -3.50. The molecule has 0 aliphatic carbocycles. The van der Waals surface area contributed by atoms with Crippen molar-refractivity contribution in [1.82, 2.24) is 40.4 Å². The summed E-state index contributed by atoms with van der Waals surface area (Å²) in [6, 6.07) is 12.3. The summed E-state index contributed by atoms with van der Waals surface area (Å²) in [6.45, 7) is 4.91. The second-order valence-electron chi connectivity index (χ2n) is 8.72. The Kier molecular flexibility index (Phi) is 8.50. The maximum atomic E-state index is 5.78. The van der Waals surface area contributed by atoms with Crippen molar-refractivity contribution in [2.24, 2.45) is 0 Å². The number of aryl methyl sites for hydroxylation is 1. The minimum absolute atomic E-state index is 0.536. The first-order valence-electron chi connectivity index (χ1n) is 12.5. The van der Waals surface area contributed by atoms with Crippen molar-refractivity contribution in [3.63, 3.8) is 0 Å². The normalized spacial score (nSPS) is 11.8. The smallest absolute Gasteiger partial charge is 0.231 e. The van der Waals surface area contributed by atoms with Gasteiger partial charge < -0.3 is 9.47 Å². The third kappa shape index (κ3) is 5.50. The molecule has 190 valence electrons. The van der Waals surface area contributed by atoms with Crippen LogP contribution < -0.4 is 0 Å². The zero-order valence-electron chi connectivity index (χ0n) is 21.4. The number of hydrogen-bond donors (Lipinski definition) is 1. The van der Waals surface area contributed by atoms with E-state index in [0.717, 1.165) is 54.6 Å². The van der Waals surface area contributed by atoms with Crippen LogP contribution in [0.2, 0.25) is 0 Å². The van der Waals surface area contributed by atoms with Crippen LogP contribution in [0.3, 0.4) is 0 Å². The van der Waals surface area contributed by atoms with Crippen LogP contribution in [0.4, 0.5) is 0 Å². The Balaban J connectivity index is 1.61. The van der Waals surface area contributed by atoms with Crippen molar-refractivity contribution < 1.29 is 9.47 Å². The highest BCUT2D eigenvalue weighted by atomic mass is 16.7. The molecule has 1 aromatic carbocycles. The van der Waals surface area contributed by atoms with Gasteiger partial charge in [0, 0.05) is 38.8 Å². The number of benzene rings is 1. The molecule has 0 spiro atoms. The molecule has 0 radical (unpaired) electrons. The highest BCUT2D eigenvalue weighted by Crippen LogP contribution is 2.30. The standard InChI is InChI=1S/C26H34N8O2/c1-5-7-8-11-22-28-25(26(35-3,36-4)16-6-2)31-34(22)18-19-12-14-20(15-13-19)21-10-9-17-27-23(21)24-29-32-33-30-24/h9-10,12-15,17H,5-8,11,16,18H2,1-4H3,(H,29,30,32,33). The molecule has 0 unspecified atom stereocenters. The number of tetrazole rings is 1. The van der Waals surface area contributed by atoms with Gasteiger partial charge in [-0.1, -0.05) is 63.4 Å². The van der Waals surface area contributed by atoms with E-state index in [9.17, 15) is 0 Å². The zero-order valence-corrected chi connectivity index (χ0v) is 21.4. The van der Waals surface area contributed by atoms with Gasteiger partial charge in [0.25, 0.3) is 0 Å². The average Bonchev–Trinajstić information content (AvgIpc) is 3.59. The van der Waals surface area contributed by atoms with E-state index in [0.29, 0.717) is 30.3 Å². The van der Waals surface area contributed by atoms with Gasteiger partial charge in [-0.3, -0.25) is 4.98 Å². The van der Waals surface area contributed by atoms with E-state index in [1.807, 2.05) is 16.8 Å². The van der Waals surface area contributed by atoms with E-state index in [2.05, 4.69) is 63.7 Å². The van der Waals surface area contributed by atoms with Crippen molar-refractivity contribution in [1.29, 1.82) is 0 Å². The number of methoxy groups -OCH3 is 2. The summed E-state index contributed by atoms with van der Waals surface area (Å²) in [6.07, 6.45) is 7.53. The molecule has 0 bridgehead atoms. The fourth-order valence-corrected chi connectivity index (χ4v) is 4.34. The number of aromatic amines is 1. The van der Waals surface area contributed by atoms with Gasteiger partial charge in [0.1, 0.15) is 11.5 Å². The summed E-state index contributed by atoms with van der Waals surface area (Å²) in [5.74, 6) is 1.13. The maximum absolute atomic E-state index is 5.78. The lowest BCUT2D eigenvalue weighted by Crippen LogP contribution is -2.32. The molecular formula is C26H34N8O2. The van der Waals surface area contributed by atoms with Crippen molar-refractivity contribution >= 4 is 0 Å². The molecule has 0 aliphatic rings. The monoisotopic (exact) mass is 490 g/mol. The van der Waals surface area contributed by atoms with E-state index >= 15 is 0 Å². The topological polar surface area (TPSA) is 117 Å². The van der Waals surface area contributed by atoms with Crippen LogP contribution in [0.25, 0.3) is 22.6 Å². The number of aromatic nitrogens is 8. The third-order valence-corrected chi connectivity index (χ3v) is 6.31. The number of H-pyrrole nitrogens is 1. The van der Waals surface area contributed by atoms with E-state index < -0.39 is 5.79 Å². The molecule has 0 amide bonds. The fourth-order valence-electron chi connectivity index (χ4n) is 4.34. The molecule has 10 nitrogen and oxygen atoms in total. The first-order chi connectivity index (χ1) is 17.6. The number of rotatable bonds is 13. The third-order valence-electron chi connectivity index (χ3n) is 6.31. The molecule has 0 saturated carbocycles.